The molecule has 0 saturated carbocycles. The van der Waals surface area contributed by atoms with Crippen molar-refractivity contribution < 1.29 is 4.79 Å². The van der Waals surface area contributed by atoms with Crippen molar-refractivity contribution in [2.24, 2.45) is 11.7 Å². The predicted octanol–water partition coefficient (Wildman–Crippen LogP) is 1.37. The highest BCUT2D eigenvalue weighted by Crippen LogP contribution is 2.22. The zero-order chi connectivity index (χ0) is 10.4. The number of rotatable bonds is 4. The lowest BCUT2D eigenvalue weighted by atomic mass is 9.96. The van der Waals surface area contributed by atoms with Crippen LogP contribution in [0.3, 0.4) is 0 Å². The van der Waals surface area contributed by atoms with Gasteiger partial charge in [-0.2, -0.15) is 0 Å². The minimum Gasteiger partial charge on any atom is -0.341 e. The molecule has 1 atom stereocenters. The second kappa shape index (κ2) is 6.02. The van der Waals surface area contributed by atoms with Crippen LogP contribution < -0.4 is 5.73 Å². The van der Waals surface area contributed by atoms with Gasteiger partial charge in [-0.05, 0) is 18.8 Å². The third-order valence-corrected chi connectivity index (χ3v) is 3.02. The SMILES string of the molecule is CCCC1CCC(=O)N(CCN)CC1. The van der Waals surface area contributed by atoms with Gasteiger partial charge in [0.2, 0.25) is 5.91 Å². The van der Waals surface area contributed by atoms with Crippen molar-refractivity contribution in [3.8, 4) is 0 Å². The second-order valence-corrected chi connectivity index (χ2v) is 4.15. The first-order valence-electron chi connectivity index (χ1n) is 5.75. The molecule has 1 saturated heterocycles. The van der Waals surface area contributed by atoms with Crippen LogP contribution in [-0.4, -0.2) is 30.4 Å². The highest BCUT2D eigenvalue weighted by Gasteiger charge is 2.20. The van der Waals surface area contributed by atoms with Crippen molar-refractivity contribution in [2.75, 3.05) is 19.6 Å². The Kier molecular flexibility index (Phi) is 4.94. The van der Waals surface area contributed by atoms with Crippen LogP contribution >= 0.6 is 0 Å². The van der Waals surface area contributed by atoms with E-state index < -0.39 is 0 Å². The lowest BCUT2D eigenvalue weighted by Crippen LogP contribution is -2.34. The number of nitrogens with two attached hydrogens (primary N) is 1. The summed E-state index contributed by atoms with van der Waals surface area (Å²) >= 11 is 0. The van der Waals surface area contributed by atoms with Gasteiger partial charge in [0.1, 0.15) is 0 Å². The van der Waals surface area contributed by atoms with E-state index in [0.717, 1.165) is 31.8 Å². The van der Waals surface area contributed by atoms with Crippen molar-refractivity contribution in [3.63, 3.8) is 0 Å². The maximum absolute atomic E-state index is 11.6. The van der Waals surface area contributed by atoms with Gasteiger partial charge in [0.05, 0.1) is 0 Å². The smallest absolute Gasteiger partial charge is 0.222 e. The van der Waals surface area contributed by atoms with Gasteiger partial charge in [0.25, 0.3) is 0 Å². The average molecular weight is 198 g/mol. The molecule has 0 aliphatic carbocycles. The van der Waals surface area contributed by atoms with Crippen LogP contribution in [-0.2, 0) is 4.79 Å². The van der Waals surface area contributed by atoms with Crippen LogP contribution in [0, 0.1) is 5.92 Å². The summed E-state index contributed by atoms with van der Waals surface area (Å²) in [6.07, 6.45) is 5.47. The summed E-state index contributed by atoms with van der Waals surface area (Å²) in [7, 11) is 0. The van der Waals surface area contributed by atoms with E-state index in [9.17, 15) is 4.79 Å². The van der Waals surface area contributed by atoms with Gasteiger partial charge in [-0.3, -0.25) is 4.79 Å². The highest BCUT2D eigenvalue weighted by atomic mass is 16.2. The monoisotopic (exact) mass is 198 g/mol. The van der Waals surface area contributed by atoms with Crippen molar-refractivity contribution in [1.82, 2.24) is 4.90 Å². The van der Waals surface area contributed by atoms with E-state index in [4.69, 9.17) is 5.73 Å². The summed E-state index contributed by atoms with van der Waals surface area (Å²) in [5.74, 6) is 1.06. The van der Waals surface area contributed by atoms with Crippen LogP contribution in [0.5, 0.6) is 0 Å². The van der Waals surface area contributed by atoms with Crippen LogP contribution in [0.25, 0.3) is 0 Å². The van der Waals surface area contributed by atoms with E-state index in [1.54, 1.807) is 0 Å². The molecule has 1 aliphatic heterocycles. The minimum absolute atomic E-state index is 0.300. The molecule has 3 heteroatoms. The maximum Gasteiger partial charge on any atom is 0.222 e. The van der Waals surface area contributed by atoms with Gasteiger partial charge >= 0.3 is 0 Å². The highest BCUT2D eigenvalue weighted by molar-refractivity contribution is 5.76. The fourth-order valence-electron chi connectivity index (χ4n) is 2.18. The molecule has 1 aliphatic rings. The van der Waals surface area contributed by atoms with Gasteiger partial charge in [0.15, 0.2) is 0 Å². The van der Waals surface area contributed by atoms with E-state index in [1.165, 1.54) is 19.3 Å². The van der Waals surface area contributed by atoms with Crippen molar-refractivity contribution in [1.29, 1.82) is 0 Å². The first kappa shape index (κ1) is 11.5. The fraction of sp³-hybridized carbons (Fsp3) is 0.909. The quantitative estimate of drug-likeness (QED) is 0.741. The number of hydrogen-bond donors (Lipinski definition) is 1. The number of amides is 1. The Hall–Kier alpha value is -0.570. The molecule has 0 spiro atoms. The first-order valence-corrected chi connectivity index (χ1v) is 5.75. The number of carbonyl (C=O) groups excluding carboxylic acids is 1. The van der Waals surface area contributed by atoms with E-state index >= 15 is 0 Å². The minimum atomic E-state index is 0.300. The predicted molar refractivity (Wildman–Crippen MR) is 57.9 cm³/mol. The Balaban J connectivity index is 2.40. The Labute approximate surface area is 86.6 Å². The van der Waals surface area contributed by atoms with Gasteiger partial charge in [-0.15, -0.1) is 0 Å². The molecule has 0 aromatic heterocycles. The van der Waals surface area contributed by atoms with E-state index in [1.807, 2.05) is 4.90 Å². The van der Waals surface area contributed by atoms with Crippen LogP contribution in [0.15, 0.2) is 0 Å². The maximum atomic E-state index is 11.6. The normalized spacial score (nSPS) is 23.7. The van der Waals surface area contributed by atoms with Crippen molar-refractivity contribution in [2.45, 2.75) is 39.0 Å². The summed E-state index contributed by atoms with van der Waals surface area (Å²) in [4.78, 5) is 13.6. The number of carbonyl (C=O) groups is 1. The first-order chi connectivity index (χ1) is 6.77. The Bertz CT molecular complexity index is 182. The summed E-state index contributed by atoms with van der Waals surface area (Å²) in [6.45, 7) is 4.45. The number of hydrogen-bond acceptors (Lipinski definition) is 2. The van der Waals surface area contributed by atoms with E-state index in [-0.39, 0.29) is 0 Å². The molecule has 2 N–H and O–H groups in total. The molecule has 0 bridgehead atoms. The van der Waals surface area contributed by atoms with Crippen LogP contribution in [0.1, 0.15) is 39.0 Å². The molecule has 0 aromatic carbocycles. The molecule has 82 valence electrons. The molecule has 0 aromatic rings. The molecule has 1 rings (SSSR count). The van der Waals surface area contributed by atoms with Crippen LogP contribution in [0.2, 0.25) is 0 Å². The summed E-state index contributed by atoms with van der Waals surface area (Å²) in [5.41, 5.74) is 5.47. The topological polar surface area (TPSA) is 46.3 Å². The third-order valence-electron chi connectivity index (χ3n) is 3.02. The van der Waals surface area contributed by atoms with Crippen molar-refractivity contribution in [3.05, 3.63) is 0 Å². The molecule has 0 radical (unpaired) electrons. The molecule has 14 heavy (non-hydrogen) atoms. The zero-order valence-corrected chi connectivity index (χ0v) is 9.17. The van der Waals surface area contributed by atoms with Gasteiger partial charge in [0, 0.05) is 26.1 Å². The lowest BCUT2D eigenvalue weighted by Gasteiger charge is -2.19. The van der Waals surface area contributed by atoms with Crippen LogP contribution in [0.4, 0.5) is 0 Å². The summed E-state index contributed by atoms with van der Waals surface area (Å²) in [5, 5.41) is 0. The van der Waals surface area contributed by atoms with Crippen molar-refractivity contribution >= 4 is 5.91 Å². The molecule has 1 unspecified atom stereocenters. The Morgan fingerprint density at radius 2 is 2.29 bits per heavy atom. The molecular formula is C11H22N2O. The summed E-state index contributed by atoms with van der Waals surface area (Å²) < 4.78 is 0. The number of likely N-dealkylation sites (tertiary alicyclic amines) is 1. The van der Waals surface area contributed by atoms with Gasteiger partial charge in [-0.1, -0.05) is 19.8 Å². The molecule has 1 heterocycles. The largest absolute Gasteiger partial charge is 0.341 e. The number of nitrogens with zero attached hydrogens (tertiary/aromatic N) is 1. The zero-order valence-electron chi connectivity index (χ0n) is 9.17. The van der Waals surface area contributed by atoms with Gasteiger partial charge in [-0.25, -0.2) is 0 Å². The van der Waals surface area contributed by atoms with E-state index in [2.05, 4.69) is 6.92 Å². The van der Waals surface area contributed by atoms with Gasteiger partial charge < -0.3 is 10.6 Å². The molecule has 1 amide bonds. The molecule has 1 fully saturated rings. The standard InChI is InChI=1S/C11H22N2O/c1-2-3-10-4-5-11(14)13(8-6-10)9-7-12/h10H,2-9,12H2,1H3. The Morgan fingerprint density at radius 1 is 1.50 bits per heavy atom. The lowest BCUT2D eigenvalue weighted by molar-refractivity contribution is -0.130. The summed E-state index contributed by atoms with van der Waals surface area (Å²) in [6, 6.07) is 0. The fourth-order valence-corrected chi connectivity index (χ4v) is 2.18. The second-order valence-electron chi connectivity index (χ2n) is 4.15. The molecular weight excluding hydrogens is 176 g/mol. The Morgan fingerprint density at radius 3 is 2.93 bits per heavy atom. The molecule has 3 nitrogen and oxygen atoms in total. The average Bonchev–Trinajstić information content (AvgIpc) is 2.34. The third kappa shape index (κ3) is 3.29. The van der Waals surface area contributed by atoms with E-state index in [0.29, 0.717) is 12.5 Å².